The van der Waals surface area contributed by atoms with Crippen molar-refractivity contribution in [2.45, 2.75) is 25.9 Å². The molecule has 0 saturated carbocycles. The Morgan fingerprint density at radius 1 is 1.29 bits per heavy atom. The lowest BCUT2D eigenvalue weighted by atomic mass is 9.91. The van der Waals surface area contributed by atoms with Crippen LogP contribution < -0.4 is 15.2 Å². The molecule has 0 aliphatic carbocycles. The summed E-state index contributed by atoms with van der Waals surface area (Å²) in [6.07, 6.45) is 1.57. The van der Waals surface area contributed by atoms with E-state index in [1.807, 2.05) is 13.0 Å². The minimum Gasteiger partial charge on any atom is -0.495 e. The summed E-state index contributed by atoms with van der Waals surface area (Å²) in [5.74, 6) is 0.184. The van der Waals surface area contributed by atoms with E-state index >= 15 is 0 Å². The molecule has 0 bridgehead atoms. The summed E-state index contributed by atoms with van der Waals surface area (Å²) >= 11 is 12.7. The fraction of sp³-hybridized carbons (Fsp3) is 0.333. The van der Waals surface area contributed by atoms with Gasteiger partial charge in [0.15, 0.2) is 0 Å². The van der Waals surface area contributed by atoms with Crippen molar-refractivity contribution in [3.8, 4) is 5.75 Å². The van der Waals surface area contributed by atoms with E-state index in [1.54, 1.807) is 42.3 Å². The lowest BCUT2D eigenvalue weighted by molar-refractivity contribution is 0.0706. The van der Waals surface area contributed by atoms with Crippen molar-refractivity contribution >= 4 is 44.8 Å². The van der Waals surface area contributed by atoms with Crippen LogP contribution >= 0.6 is 23.2 Å². The minimum absolute atomic E-state index is 0.0951. The lowest BCUT2D eigenvalue weighted by Crippen LogP contribution is -2.46. The van der Waals surface area contributed by atoms with Crippen molar-refractivity contribution in [3.05, 3.63) is 74.4 Å². The Bertz CT molecular complexity index is 1310. The topological polar surface area (TPSA) is 114 Å². The highest BCUT2D eigenvalue weighted by atomic mass is 35.5. The summed E-state index contributed by atoms with van der Waals surface area (Å²) in [6, 6.07) is 9.93. The normalized spacial score (nSPS) is 17.0. The van der Waals surface area contributed by atoms with Crippen molar-refractivity contribution < 1.29 is 17.9 Å². The molecule has 8 nitrogen and oxygen atoms in total. The first-order chi connectivity index (χ1) is 16.5. The van der Waals surface area contributed by atoms with Gasteiger partial charge in [0.1, 0.15) is 5.75 Å². The van der Waals surface area contributed by atoms with Crippen LogP contribution in [0.25, 0.3) is 0 Å². The van der Waals surface area contributed by atoms with Crippen molar-refractivity contribution in [1.82, 2.24) is 9.62 Å². The number of aliphatic imine (C=N–C) groups is 1. The van der Waals surface area contributed by atoms with Crippen LogP contribution in [0.3, 0.4) is 0 Å². The van der Waals surface area contributed by atoms with Gasteiger partial charge in [0.05, 0.1) is 35.7 Å². The van der Waals surface area contributed by atoms with E-state index in [0.717, 1.165) is 11.8 Å². The number of methoxy groups -OCH3 is 1. The number of rotatable bonds is 7. The molecule has 1 aliphatic rings. The zero-order chi connectivity index (χ0) is 25.9. The average Bonchev–Trinajstić information content (AvgIpc) is 2.80. The lowest BCUT2D eigenvalue weighted by Gasteiger charge is -2.36. The van der Waals surface area contributed by atoms with Gasteiger partial charge in [-0.3, -0.25) is 9.79 Å². The largest absolute Gasteiger partial charge is 0.495 e. The molecule has 3 rings (SSSR count). The van der Waals surface area contributed by atoms with E-state index in [-0.39, 0.29) is 17.5 Å². The highest BCUT2D eigenvalue weighted by molar-refractivity contribution is 7.88. The molecule has 0 spiro atoms. The van der Waals surface area contributed by atoms with Gasteiger partial charge in [0, 0.05) is 42.0 Å². The number of hydrogen-bond acceptors (Lipinski definition) is 6. The van der Waals surface area contributed by atoms with Crippen molar-refractivity contribution in [1.29, 1.82) is 0 Å². The predicted molar refractivity (Wildman–Crippen MR) is 140 cm³/mol. The summed E-state index contributed by atoms with van der Waals surface area (Å²) in [5, 5.41) is 0.701. The Kier molecular flexibility index (Phi) is 8.48. The summed E-state index contributed by atoms with van der Waals surface area (Å²) in [7, 11) is -0.211. The summed E-state index contributed by atoms with van der Waals surface area (Å²) in [5.41, 5.74) is 10.3. The fourth-order valence-corrected chi connectivity index (χ4v) is 5.02. The highest BCUT2D eigenvalue weighted by Gasteiger charge is 2.32. The van der Waals surface area contributed by atoms with Gasteiger partial charge in [-0.1, -0.05) is 29.3 Å². The van der Waals surface area contributed by atoms with Gasteiger partial charge >= 0.3 is 0 Å². The van der Waals surface area contributed by atoms with Crippen LogP contribution in [0.15, 0.2) is 52.7 Å². The number of nitrogens with one attached hydrogen (secondary N) is 1. The maximum Gasteiger partial charge on any atom is 0.256 e. The number of ether oxygens (including phenoxy) is 1. The third kappa shape index (κ3) is 6.16. The van der Waals surface area contributed by atoms with Crippen LogP contribution in [0.1, 0.15) is 34.8 Å². The van der Waals surface area contributed by atoms with Gasteiger partial charge < -0.3 is 15.4 Å². The molecule has 35 heavy (non-hydrogen) atoms. The van der Waals surface area contributed by atoms with Crippen LogP contribution in [0.2, 0.25) is 10.0 Å². The third-order valence-corrected chi connectivity index (χ3v) is 7.10. The van der Waals surface area contributed by atoms with Crippen molar-refractivity contribution in [2.75, 3.05) is 27.0 Å². The summed E-state index contributed by atoms with van der Waals surface area (Å²) in [4.78, 5) is 19.4. The van der Waals surface area contributed by atoms with Crippen LogP contribution in [0.5, 0.6) is 5.75 Å². The van der Waals surface area contributed by atoms with Crippen molar-refractivity contribution in [3.63, 3.8) is 0 Å². The molecule has 0 fully saturated rings. The molecule has 1 heterocycles. The first-order valence-corrected chi connectivity index (χ1v) is 13.4. The Morgan fingerprint density at radius 3 is 2.63 bits per heavy atom. The number of nitrogens with zero attached hydrogens (tertiary/aromatic N) is 2. The quantitative estimate of drug-likeness (QED) is 0.522. The van der Waals surface area contributed by atoms with E-state index in [1.165, 1.54) is 7.11 Å². The fourth-order valence-electron chi connectivity index (χ4n) is 4.05. The number of hydrogen-bond donors (Lipinski definition) is 2. The van der Waals surface area contributed by atoms with Gasteiger partial charge in [0.25, 0.3) is 5.91 Å². The van der Waals surface area contributed by atoms with Crippen LogP contribution in [-0.4, -0.2) is 57.9 Å². The maximum atomic E-state index is 13.3. The third-order valence-electron chi connectivity index (χ3n) is 5.82. The van der Waals surface area contributed by atoms with Gasteiger partial charge in [-0.25, -0.2) is 13.1 Å². The number of nitrogens with two attached hydrogens (primary N) is 1. The zero-order valence-corrected chi connectivity index (χ0v) is 22.3. The molecule has 11 heteroatoms. The SMILES string of the molecule is CN=C(C1=C(N)[C@@H](C)N(C(=O)c2cccc(OC)c2Cl)CC1)c1cc(Cl)cc(CNS(C)(=O)=O)c1. The smallest absolute Gasteiger partial charge is 0.256 e. The molecule has 0 radical (unpaired) electrons. The standard InChI is InChI=1S/C24H28Cl2N4O4S/c1-14-22(27)19(8-9-30(14)24(31)18-6-5-7-20(34-3)21(18)26)23(28-2)16-10-15(11-17(25)12-16)13-29-35(4,32)33/h5-7,10-12,14,29H,8-9,13,27H2,1-4H3/t14-/m1/s1. The molecule has 1 aliphatic heterocycles. The van der Waals surface area contributed by atoms with E-state index in [2.05, 4.69) is 9.71 Å². The number of amides is 1. The van der Waals surface area contributed by atoms with Gasteiger partial charge in [-0.2, -0.15) is 0 Å². The predicted octanol–water partition coefficient (Wildman–Crippen LogP) is 3.62. The number of carbonyl (C=O) groups is 1. The molecule has 2 aromatic rings. The maximum absolute atomic E-state index is 13.3. The number of carbonyl (C=O) groups excluding carboxylic acids is 1. The van der Waals surface area contributed by atoms with Crippen LogP contribution in [0.4, 0.5) is 0 Å². The van der Waals surface area contributed by atoms with E-state index in [9.17, 15) is 13.2 Å². The van der Waals surface area contributed by atoms with Gasteiger partial charge in [-0.05, 0) is 49.2 Å². The molecule has 1 atom stereocenters. The first kappa shape index (κ1) is 27.0. The van der Waals surface area contributed by atoms with Gasteiger partial charge in [0.2, 0.25) is 10.0 Å². The number of halogens is 2. The second-order valence-corrected chi connectivity index (χ2v) is 10.8. The van der Waals surface area contributed by atoms with E-state index in [0.29, 0.717) is 51.8 Å². The summed E-state index contributed by atoms with van der Waals surface area (Å²) < 4.78 is 30.7. The Balaban J connectivity index is 1.92. The molecular weight excluding hydrogens is 511 g/mol. The van der Waals surface area contributed by atoms with Crippen molar-refractivity contribution in [2.24, 2.45) is 10.7 Å². The number of sulfonamides is 1. The molecule has 3 N–H and O–H groups in total. The Labute approximate surface area is 215 Å². The van der Waals surface area contributed by atoms with E-state index < -0.39 is 16.1 Å². The molecule has 2 aromatic carbocycles. The first-order valence-electron chi connectivity index (χ1n) is 10.8. The average molecular weight is 539 g/mol. The summed E-state index contributed by atoms with van der Waals surface area (Å²) in [6.45, 7) is 2.36. The number of benzene rings is 2. The highest BCUT2D eigenvalue weighted by Crippen LogP contribution is 2.32. The minimum atomic E-state index is -3.36. The monoisotopic (exact) mass is 538 g/mol. The molecule has 1 amide bonds. The second-order valence-electron chi connectivity index (χ2n) is 8.19. The molecule has 0 saturated heterocycles. The second kappa shape index (κ2) is 11.0. The molecule has 0 aromatic heterocycles. The molecule has 0 unspecified atom stereocenters. The Hall–Kier alpha value is -2.59. The van der Waals surface area contributed by atoms with Gasteiger partial charge in [-0.15, -0.1) is 0 Å². The van der Waals surface area contributed by atoms with Crippen LogP contribution in [0, 0.1) is 0 Å². The zero-order valence-electron chi connectivity index (χ0n) is 19.9. The molecule has 188 valence electrons. The van der Waals surface area contributed by atoms with E-state index in [4.69, 9.17) is 33.7 Å². The van der Waals surface area contributed by atoms with Crippen LogP contribution in [-0.2, 0) is 16.6 Å². The molecular formula is C24H28Cl2N4O4S. The Morgan fingerprint density at radius 2 is 2.00 bits per heavy atom.